The predicted molar refractivity (Wildman–Crippen MR) is 88.3 cm³/mol. The van der Waals surface area contributed by atoms with Crippen molar-refractivity contribution in [2.24, 2.45) is 0 Å². The normalized spacial score (nSPS) is 10.2. The number of nitrogens with one attached hydrogen (secondary N) is 1. The van der Waals surface area contributed by atoms with E-state index >= 15 is 0 Å². The Bertz CT molecular complexity index is 704. The summed E-state index contributed by atoms with van der Waals surface area (Å²) >= 11 is 0. The quantitative estimate of drug-likeness (QED) is 0.614. The number of nitrogen functional groups attached to an aromatic ring is 1. The number of aromatic nitrogens is 2. The molecule has 1 aromatic carbocycles. The minimum absolute atomic E-state index is 0.0444. The maximum atomic E-state index is 11.3. The molecule has 0 amide bonds. The zero-order valence-electron chi connectivity index (χ0n) is 13.1. The van der Waals surface area contributed by atoms with E-state index < -0.39 is 4.92 Å². The summed E-state index contributed by atoms with van der Waals surface area (Å²) in [7, 11) is 3.34. The van der Waals surface area contributed by atoms with Gasteiger partial charge in [0, 0.05) is 19.3 Å². The number of methoxy groups -OCH3 is 1. The highest BCUT2D eigenvalue weighted by atomic mass is 16.6. The molecule has 1 aromatic heterocycles. The Balaban J connectivity index is 2.44. The molecule has 3 N–H and O–H groups in total. The van der Waals surface area contributed by atoms with Crippen molar-refractivity contribution < 1.29 is 9.66 Å². The van der Waals surface area contributed by atoms with Gasteiger partial charge in [0.1, 0.15) is 5.75 Å². The molecule has 0 bridgehead atoms. The Morgan fingerprint density at radius 3 is 2.52 bits per heavy atom. The van der Waals surface area contributed by atoms with Gasteiger partial charge in [-0.1, -0.05) is 0 Å². The lowest BCUT2D eigenvalue weighted by molar-refractivity contribution is -0.383. The number of hydrogen-bond acceptors (Lipinski definition) is 8. The summed E-state index contributed by atoms with van der Waals surface area (Å²) in [6, 6.07) is 6.92. The summed E-state index contributed by atoms with van der Waals surface area (Å²) in [6.45, 7) is 2.55. The zero-order valence-corrected chi connectivity index (χ0v) is 13.1. The standard InChI is InChI=1S/C14H18N6O3/c1-4-19(2)14-17-12(15)11(20(21)22)13(18-14)16-9-5-7-10(23-3)8-6-9/h5-8H,4H2,1-3H3,(H3,15,16,17,18). The van der Waals surface area contributed by atoms with Crippen molar-refractivity contribution in [1.29, 1.82) is 0 Å². The summed E-state index contributed by atoms with van der Waals surface area (Å²) in [5, 5.41) is 14.2. The average Bonchev–Trinajstić information content (AvgIpc) is 2.53. The highest BCUT2D eigenvalue weighted by molar-refractivity contribution is 5.74. The van der Waals surface area contributed by atoms with Crippen LogP contribution in [0.25, 0.3) is 0 Å². The molecule has 1 heterocycles. The molecule has 0 radical (unpaired) electrons. The van der Waals surface area contributed by atoms with Crippen LogP contribution < -0.4 is 20.7 Å². The third-order valence-electron chi connectivity index (χ3n) is 3.25. The number of nitrogens with zero attached hydrogens (tertiary/aromatic N) is 4. The van der Waals surface area contributed by atoms with Gasteiger partial charge >= 0.3 is 5.69 Å². The smallest absolute Gasteiger partial charge is 0.353 e. The third-order valence-corrected chi connectivity index (χ3v) is 3.25. The van der Waals surface area contributed by atoms with Crippen LogP contribution in [0.3, 0.4) is 0 Å². The zero-order chi connectivity index (χ0) is 17.0. The number of rotatable bonds is 6. The Morgan fingerprint density at radius 1 is 1.35 bits per heavy atom. The fourth-order valence-electron chi connectivity index (χ4n) is 1.85. The van der Waals surface area contributed by atoms with Crippen LogP contribution in [-0.2, 0) is 0 Å². The molecule has 9 heteroatoms. The van der Waals surface area contributed by atoms with E-state index in [-0.39, 0.29) is 17.3 Å². The van der Waals surface area contributed by atoms with Gasteiger partial charge in [0.25, 0.3) is 0 Å². The second-order valence-corrected chi connectivity index (χ2v) is 4.73. The molecule has 0 unspecified atom stereocenters. The molecule has 122 valence electrons. The van der Waals surface area contributed by atoms with Crippen molar-refractivity contribution in [2.45, 2.75) is 6.92 Å². The van der Waals surface area contributed by atoms with Crippen LogP contribution in [0, 0.1) is 10.1 Å². The number of hydrogen-bond donors (Lipinski definition) is 2. The second kappa shape index (κ2) is 6.77. The first-order valence-electron chi connectivity index (χ1n) is 6.90. The van der Waals surface area contributed by atoms with E-state index in [4.69, 9.17) is 10.5 Å². The molecular weight excluding hydrogens is 300 g/mol. The predicted octanol–water partition coefficient (Wildman–Crippen LogP) is 2.18. The first-order valence-corrected chi connectivity index (χ1v) is 6.90. The maximum Gasteiger partial charge on any atom is 0.353 e. The first-order chi connectivity index (χ1) is 11.0. The monoisotopic (exact) mass is 318 g/mol. The van der Waals surface area contributed by atoms with Crippen LogP contribution in [0.1, 0.15) is 6.92 Å². The molecule has 2 rings (SSSR count). The summed E-state index contributed by atoms with van der Waals surface area (Å²) in [6.07, 6.45) is 0. The number of nitro groups is 1. The van der Waals surface area contributed by atoms with Crippen LogP contribution in [0.4, 0.5) is 29.0 Å². The van der Waals surface area contributed by atoms with Gasteiger partial charge in [0.15, 0.2) is 0 Å². The summed E-state index contributed by atoms with van der Waals surface area (Å²) in [4.78, 5) is 20.6. The van der Waals surface area contributed by atoms with Crippen LogP contribution in [0.2, 0.25) is 0 Å². The van der Waals surface area contributed by atoms with Gasteiger partial charge in [-0.2, -0.15) is 9.97 Å². The average molecular weight is 318 g/mol. The largest absolute Gasteiger partial charge is 0.497 e. The molecule has 2 aromatic rings. The Kier molecular flexibility index (Phi) is 4.79. The fourth-order valence-corrected chi connectivity index (χ4v) is 1.85. The van der Waals surface area contributed by atoms with E-state index in [2.05, 4.69) is 15.3 Å². The highest BCUT2D eigenvalue weighted by Gasteiger charge is 2.24. The van der Waals surface area contributed by atoms with Crippen molar-refractivity contribution in [2.75, 3.05) is 36.7 Å². The molecule has 9 nitrogen and oxygen atoms in total. The van der Waals surface area contributed by atoms with Gasteiger partial charge in [-0.3, -0.25) is 10.1 Å². The second-order valence-electron chi connectivity index (χ2n) is 4.73. The van der Waals surface area contributed by atoms with Crippen LogP contribution >= 0.6 is 0 Å². The van der Waals surface area contributed by atoms with Crippen molar-refractivity contribution in [3.05, 3.63) is 34.4 Å². The minimum atomic E-state index is -0.600. The summed E-state index contributed by atoms with van der Waals surface area (Å²) < 4.78 is 5.08. The topological polar surface area (TPSA) is 119 Å². The number of ether oxygens (including phenoxy) is 1. The highest BCUT2D eigenvalue weighted by Crippen LogP contribution is 2.32. The van der Waals surface area contributed by atoms with Gasteiger partial charge in [-0.05, 0) is 31.2 Å². The van der Waals surface area contributed by atoms with Crippen LogP contribution in [0.15, 0.2) is 24.3 Å². The van der Waals surface area contributed by atoms with Gasteiger partial charge < -0.3 is 20.7 Å². The maximum absolute atomic E-state index is 11.3. The Labute approximate surface area is 133 Å². The molecule has 0 aliphatic heterocycles. The summed E-state index contributed by atoms with van der Waals surface area (Å²) in [5.74, 6) is 0.851. The van der Waals surface area contributed by atoms with E-state index in [9.17, 15) is 10.1 Å². The van der Waals surface area contributed by atoms with Crippen molar-refractivity contribution >= 4 is 29.0 Å². The Morgan fingerprint density at radius 2 is 2.00 bits per heavy atom. The van der Waals surface area contributed by atoms with Crippen molar-refractivity contribution in [3.63, 3.8) is 0 Å². The molecule has 0 aliphatic rings. The van der Waals surface area contributed by atoms with E-state index in [1.807, 2.05) is 6.92 Å². The molecule has 23 heavy (non-hydrogen) atoms. The van der Waals surface area contributed by atoms with Gasteiger partial charge in [-0.25, -0.2) is 0 Å². The first kappa shape index (κ1) is 16.3. The molecule has 0 atom stereocenters. The van der Waals surface area contributed by atoms with Crippen LogP contribution in [0.5, 0.6) is 5.75 Å². The SMILES string of the molecule is CCN(C)c1nc(N)c([N+](=O)[O-])c(Nc2ccc(OC)cc2)n1. The molecule has 0 saturated carbocycles. The van der Waals surface area contributed by atoms with Gasteiger partial charge in [0.05, 0.1) is 12.0 Å². The van der Waals surface area contributed by atoms with E-state index in [0.717, 1.165) is 0 Å². The van der Waals surface area contributed by atoms with Crippen LogP contribution in [-0.4, -0.2) is 35.6 Å². The number of anilines is 4. The fraction of sp³-hybridized carbons (Fsp3) is 0.286. The molecule has 0 aliphatic carbocycles. The summed E-state index contributed by atoms with van der Waals surface area (Å²) in [5.41, 5.74) is 6.01. The molecule has 0 fully saturated rings. The van der Waals surface area contributed by atoms with Gasteiger partial charge in [0.2, 0.25) is 17.6 Å². The van der Waals surface area contributed by atoms with E-state index in [0.29, 0.717) is 23.9 Å². The van der Waals surface area contributed by atoms with Crippen molar-refractivity contribution in [3.8, 4) is 5.75 Å². The lowest BCUT2D eigenvalue weighted by atomic mass is 10.3. The minimum Gasteiger partial charge on any atom is -0.497 e. The van der Waals surface area contributed by atoms with E-state index in [1.54, 1.807) is 43.3 Å². The Hall–Kier alpha value is -3.10. The lowest BCUT2D eigenvalue weighted by Gasteiger charge is -2.16. The van der Waals surface area contributed by atoms with Gasteiger partial charge in [-0.15, -0.1) is 0 Å². The number of benzene rings is 1. The molecule has 0 saturated heterocycles. The lowest BCUT2D eigenvalue weighted by Crippen LogP contribution is -2.20. The van der Waals surface area contributed by atoms with Crippen molar-refractivity contribution in [1.82, 2.24) is 9.97 Å². The molecule has 0 spiro atoms. The van der Waals surface area contributed by atoms with E-state index in [1.165, 1.54) is 0 Å². The number of nitrogens with two attached hydrogens (primary N) is 1. The third kappa shape index (κ3) is 3.57. The molecular formula is C14H18N6O3.